The molecule has 0 aromatic heterocycles. The van der Waals surface area contributed by atoms with Crippen LogP contribution in [-0.2, 0) is 19.1 Å². The third-order valence-electron chi connectivity index (χ3n) is 4.60. The normalized spacial score (nSPS) is 10.7. The van der Waals surface area contributed by atoms with E-state index in [-0.39, 0.29) is 24.4 Å². The molecule has 0 aliphatic rings. The Bertz CT molecular complexity index is 729. The number of nitrogens with zero attached hydrogens (tertiary/aromatic N) is 1. The molecule has 0 unspecified atom stereocenters. The Morgan fingerprint density at radius 2 is 1.59 bits per heavy atom. The van der Waals surface area contributed by atoms with Crippen LogP contribution in [0, 0.1) is 16.7 Å². The summed E-state index contributed by atoms with van der Waals surface area (Å²) in [6, 6.07) is 7.85. The molecule has 0 radical (unpaired) electrons. The second-order valence-electron chi connectivity index (χ2n) is 6.40. The van der Waals surface area contributed by atoms with Gasteiger partial charge in [0.15, 0.2) is 17.3 Å². The summed E-state index contributed by atoms with van der Waals surface area (Å²) in [7, 11) is 0. The van der Waals surface area contributed by atoms with Crippen LogP contribution >= 0.6 is 0 Å². The first-order valence-corrected chi connectivity index (χ1v) is 9.02. The molecule has 1 rings (SSSR count). The number of ether oxygens (including phenoxy) is 1. The highest BCUT2D eigenvalue weighted by atomic mass is 16.5. The van der Waals surface area contributed by atoms with Crippen molar-refractivity contribution >= 4 is 23.3 Å². The van der Waals surface area contributed by atoms with E-state index in [1.807, 2.05) is 6.07 Å². The van der Waals surface area contributed by atoms with Gasteiger partial charge in [0.2, 0.25) is 0 Å². The number of ketones is 3. The van der Waals surface area contributed by atoms with Gasteiger partial charge in [0.05, 0.1) is 18.2 Å². The SMILES string of the molecule is CCOC(=O)CCCCCC(C(C)=O)(C(C)=O)C(=O)c1ccc(C#N)cc1. The molecule has 0 bridgehead atoms. The highest BCUT2D eigenvalue weighted by molar-refractivity contribution is 6.27. The van der Waals surface area contributed by atoms with Crippen molar-refractivity contribution in [3.8, 4) is 6.07 Å². The number of hydrogen-bond acceptors (Lipinski definition) is 6. The number of esters is 1. The van der Waals surface area contributed by atoms with Crippen molar-refractivity contribution in [1.29, 1.82) is 5.26 Å². The average Bonchev–Trinajstić information content (AvgIpc) is 2.64. The van der Waals surface area contributed by atoms with Gasteiger partial charge in [0.1, 0.15) is 5.41 Å². The number of benzene rings is 1. The van der Waals surface area contributed by atoms with Gasteiger partial charge in [0, 0.05) is 12.0 Å². The van der Waals surface area contributed by atoms with E-state index in [9.17, 15) is 19.2 Å². The van der Waals surface area contributed by atoms with Crippen molar-refractivity contribution in [1.82, 2.24) is 0 Å². The van der Waals surface area contributed by atoms with Crippen LogP contribution in [0.2, 0.25) is 0 Å². The van der Waals surface area contributed by atoms with Crippen molar-refractivity contribution < 1.29 is 23.9 Å². The first kappa shape index (κ1) is 22.2. The largest absolute Gasteiger partial charge is 0.466 e. The third-order valence-corrected chi connectivity index (χ3v) is 4.60. The minimum Gasteiger partial charge on any atom is -0.466 e. The van der Waals surface area contributed by atoms with Gasteiger partial charge in [-0.15, -0.1) is 0 Å². The molecule has 0 aliphatic heterocycles. The lowest BCUT2D eigenvalue weighted by atomic mass is 9.70. The summed E-state index contributed by atoms with van der Waals surface area (Å²) in [5, 5.41) is 8.87. The van der Waals surface area contributed by atoms with Crippen LogP contribution < -0.4 is 0 Å². The molecule has 1 aromatic carbocycles. The Labute approximate surface area is 159 Å². The third kappa shape index (κ3) is 5.58. The Balaban J connectivity index is 2.90. The molecule has 0 fully saturated rings. The van der Waals surface area contributed by atoms with Crippen molar-refractivity contribution in [3.05, 3.63) is 35.4 Å². The molecule has 0 saturated carbocycles. The van der Waals surface area contributed by atoms with Crippen molar-refractivity contribution in [2.45, 2.75) is 52.9 Å². The molecule has 0 heterocycles. The van der Waals surface area contributed by atoms with E-state index in [4.69, 9.17) is 10.00 Å². The summed E-state index contributed by atoms with van der Waals surface area (Å²) in [6.45, 7) is 4.57. The van der Waals surface area contributed by atoms with Gasteiger partial charge in [-0.3, -0.25) is 19.2 Å². The smallest absolute Gasteiger partial charge is 0.305 e. The van der Waals surface area contributed by atoms with E-state index < -0.39 is 22.8 Å². The fourth-order valence-corrected chi connectivity index (χ4v) is 3.05. The zero-order chi connectivity index (χ0) is 20.4. The molecule has 0 atom stereocenters. The number of carbonyl (C=O) groups excluding carboxylic acids is 4. The van der Waals surface area contributed by atoms with Crippen LogP contribution in [0.25, 0.3) is 0 Å². The number of Topliss-reactive ketones (excluding diaryl/α,β-unsaturated/α-hetero) is 3. The number of unbranched alkanes of at least 4 members (excludes halogenated alkanes) is 2. The first-order valence-electron chi connectivity index (χ1n) is 9.02. The number of carbonyl (C=O) groups is 4. The Hall–Kier alpha value is -2.81. The summed E-state index contributed by atoms with van der Waals surface area (Å²) < 4.78 is 4.86. The number of rotatable bonds is 11. The Kier molecular flexibility index (Phi) is 8.53. The van der Waals surface area contributed by atoms with Gasteiger partial charge < -0.3 is 4.74 Å². The van der Waals surface area contributed by atoms with Gasteiger partial charge in [-0.25, -0.2) is 0 Å². The van der Waals surface area contributed by atoms with Crippen LogP contribution in [-0.4, -0.2) is 29.9 Å². The standard InChI is InChI=1S/C21H25NO5/c1-4-27-19(25)8-6-5-7-13-21(15(2)23,16(3)24)20(26)18-11-9-17(14-22)10-12-18/h9-12H,4-8,13H2,1-3H3. The molecule has 0 N–H and O–H groups in total. The topological polar surface area (TPSA) is 101 Å². The van der Waals surface area contributed by atoms with E-state index in [0.717, 1.165) is 0 Å². The molecule has 144 valence electrons. The van der Waals surface area contributed by atoms with Crippen molar-refractivity contribution in [2.75, 3.05) is 6.61 Å². The van der Waals surface area contributed by atoms with Crippen molar-refractivity contribution in [2.24, 2.45) is 5.41 Å². The summed E-state index contributed by atoms with van der Waals surface area (Å²) in [4.78, 5) is 49.0. The second kappa shape index (κ2) is 10.4. The van der Waals surface area contributed by atoms with Crippen molar-refractivity contribution in [3.63, 3.8) is 0 Å². The molecule has 0 aliphatic carbocycles. The second-order valence-corrected chi connectivity index (χ2v) is 6.40. The maximum Gasteiger partial charge on any atom is 0.305 e. The van der Waals surface area contributed by atoms with E-state index in [1.54, 1.807) is 6.92 Å². The number of hydrogen-bond donors (Lipinski definition) is 0. The molecule has 0 amide bonds. The summed E-state index contributed by atoms with van der Waals surface area (Å²) in [6.07, 6.45) is 1.99. The van der Waals surface area contributed by atoms with E-state index in [0.29, 0.717) is 31.4 Å². The molecule has 0 spiro atoms. The van der Waals surface area contributed by atoms with Crippen LogP contribution in [0.5, 0.6) is 0 Å². The molecule has 6 nitrogen and oxygen atoms in total. The maximum atomic E-state index is 13.0. The van der Waals surface area contributed by atoms with E-state index >= 15 is 0 Å². The summed E-state index contributed by atoms with van der Waals surface area (Å²) in [5.41, 5.74) is -1.11. The van der Waals surface area contributed by atoms with Gasteiger partial charge in [-0.2, -0.15) is 5.26 Å². The monoisotopic (exact) mass is 371 g/mol. The van der Waals surface area contributed by atoms with Gasteiger partial charge in [-0.1, -0.05) is 25.0 Å². The zero-order valence-corrected chi connectivity index (χ0v) is 16.0. The lowest BCUT2D eigenvalue weighted by Gasteiger charge is -2.27. The quantitative estimate of drug-likeness (QED) is 0.256. The zero-order valence-electron chi connectivity index (χ0n) is 16.0. The fourth-order valence-electron chi connectivity index (χ4n) is 3.05. The average molecular weight is 371 g/mol. The first-order chi connectivity index (χ1) is 12.8. The van der Waals surface area contributed by atoms with Crippen LogP contribution in [0.15, 0.2) is 24.3 Å². The molecule has 6 heteroatoms. The van der Waals surface area contributed by atoms with Crippen LogP contribution in [0.4, 0.5) is 0 Å². The van der Waals surface area contributed by atoms with Gasteiger partial charge in [0.25, 0.3) is 0 Å². The molecular weight excluding hydrogens is 346 g/mol. The minimum absolute atomic E-state index is 0.0966. The summed E-state index contributed by atoms with van der Waals surface area (Å²) >= 11 is 0. The Morgan fingerprint density at radius 3 is 2.07 bits per heavy atom. The molecular formula is C21H25NO5. The highest BCUT2D eigenvalue weighted by Crippen LogP contribution is 2.32. The Morgan fingerprint density at radius 1 is 1.00 bits per heavy atom. The molecule has 1 aromatic rings. The number of nitriles is 1. The van der Waals surface area contributed by atoms with E-state index in [2.05, 4.69) is 0 Å². The molecule has 27 heavy (non-hydrogen) atoms. The lowest BCUT2D eigenvalue weighted by molar-refractivity contribution is -0.143. The van der Waals surface area contributed by atoms with Crippen LogP contribution in [0.1, 0.15) is 68.8 Å². The van der Waals surface area contributed by atoms with Gasteiger partial charge in [-0.05, 0) is 45.7 Å². The minimum atomic E-state index is -1.72. The predicted octanol–water partition coefficient (Wildman–Crippen LogP) is 3.42. The predicted molar refractivity (Wildman–Crippen MR) is 99.0 cm³/mol. The summed E-state index contributed by atoms with van der Waals surface area (Å²) in [5.74, 6) is -1.81. The maximum absolute atomic E-state index is 13.0. The highest BCUT2D eigenvalue weighted by Gasteiger charge is 2.47. The van der Waals surface area contributed by atoms with Gasteiger partial charge >= 0.3 is 5.97 Å². The van der Waals surface area contributed by atoms with Crippen LogP contribution in [0.3, 0.4) is 0 Å². The fraction of sp³-hybridized carbons (Fsp3) is 0.476. The molecule has 0 saturated heterocycles. The van der Waals surface area contributed by atoms with E-state index in [1.165, 1.54) is 38.1 Å². The lowest BCUT2D eigenvalue weighted by Crippen LogP contribution is -2.44.